The molecule has 2 fully saturated rings. The van der Waals surface area contributed by atoms with Crippen molar-refractivity contribution in [3.8, 4) is 11.5 Å². The molecule has 2 amide bonds. The van der Waals surface area contributed by atoms with E-state index in [0.29, 0.717) is 38.6 Å². The molecular weight excluding hydrogens is 636 g/mol. The van der Waals surface area contributed by atoms with Crippen LogP contribution in [0.3, 0.4) is 0 Å². The third-order valence-corrected chi connectivity index (χ3v) is 10.2. The predicted octanol–water partition coefficient (Wildman–Crippen LogP) is 6.78. The summed E-state index contributed by atoms with van der Waals surface area (Å²) in [5, 5.41) is 6.28. The van der Waals surface area contributed by atoms with Crippen LogP contribution in [0.2, 0.25) is 5.02 Å². The molecule has 10 heteroatoms. The van der Waals surface area contributed by atoms with Crippen LogP contribution >= 0.6 is 11.6 Å². The lowest BCUT2D eigenvalue weighted by molar-refractivity contribution is -0.130. The van der Waals surface area contributed by atoms with E-state index in [0.717, 1.165) is 64.1 Å². The lowest BCUT2D eigenvalue weighted by atomic mass is 9.74. The van der Waals surface area contributed by atoms with Gasteiger partial charge < -0.3 is 25.0 Å². The Balaban J connectivity index is 1.24. The third-order valence-electron chi connectivity index (χ3n) is 9.83. The summed E-state index contributed by atoms with van der Waals surface area (Å²) in [6.07, 6.45) is 5.18. The lowest BCUT2D eigenvalue weighted by Gasteiger charge is -2.43. The predicted molar refractivity (Wildman–Crippen MR) is 182 cm³/mol. The highest BCUT2D eigenvalue weighted by atomic mass is 35.5. The molecular formula is C38H42ClF2N3O4. The van der Waals surface area contributed by atoms with Crippen molar-refractivity contribution in [2.24, 2.45) is 5.92 Å². The van der Waals surface area contributed by atoms with E-state index in [1.165, 1.54) is 0 Å². The van der Waals surface area contributed by atoms with Gasteiger partial charge in [-0.25, -0.2) is 8.78 Å². The largest absolute Gasteiger partial charge is 0.496 e. The molecule has 1 saturated heterocycles. The van der Waals surface area contributed by atoms with Crippen LogP contribution in [0.1, 0.15) is 60.8 Å². The van der Waals surface area contributed by atoms with Gasteiger partial charge in [-0.05, 0) is 85.8 Å². The van der Waals surface area contributed by atoms with Gasteiger partial charge >= 0.3 is 0 Å². The first-order valence-electron chi connectivity index (χ1n) is 16.7. The van der Waals surface area contributed by atoms with Crippen LogP contribution in [-0.2, 0) is 22.6 Å². The van der Waals surface area contributed by atoms with E-state index in [1.807, 2.05) is 24.0 Å². The number of amides is 2. The van der Waals surface area contributed by atoms with E-state index in [9.17, 15) is 18.4 Å². The van der Waals surface area contributed by atoms with Crippen molar-refractivity contribution < 1.29 is 27.8 Å². The van der Waals surface area contributed by atoms with Gasteiger partial charge in [0.2, 0.25) is 5.91 Å². The summed E-state index contributed by atoms with van der Waals surface area (Å²) >= 11 is 5.92. The van der Waals surface area contributed by atoms with Crippen LogP contribution in [0.5, 0.6) is 11.5 Å². The zero-order valence-corrected chi connectivity index (χ0v) is 28.3. The number of methoxy groups -OCH3 is 1. The highest BCUT2D eigenvalue weighted by Gasteiger charge is 2.44. The molecule has 7 nitrogen and oxygen atoms in total. The summed E-state index contributed by atoms with van der Waals surface area (Å²) in [5.74, 6) is -0.910. The molecule has 48 heavy (non-hydrogen) atoms. The normalized spacial score (nSPS) is 20.3. The Morgan fingerprint density at radius 2 is 1.83 bits per heavy atom. The number of piperidine rings is 1. The molecule has 2 N–H and O–H groups in total. The van der Waals surface area contributed by atoms with E-state index in [2.05, 4.69) is 41.0 Å². The van der Waals surface area contributed by atoms with Crippen molar-refractivity contribution in [3.05, 3.63) is 99.1 Å². The number of benzene rings is 3. The van der Waals surface area contributed by atoms with Gasteiger partial charge in [-0.15, -0.1) is 0 Å². The van der Waals surface area contributed by atoms with Crippen molar-refractivity contribution in [3.63, 3.8) is 0 Å². The lowest BCUT2D eigenvalue weighted by Crippen LogP contribution is -2.55. The molecule has 3 atom stereocenters. The van der Waals surface area contributed by atoms with Crippen molar-refractivity contribution in [2.45, 2.75) is 76.5 Å². The fraction of sp³-hybridized carbons (Fsp3) is 0.421. The molecule has 0 aromatic heterocycles. The first kappa shape index (κ1) is 33.9. The smallest absolute Gasteiger partial charge is 0.252 e. The van der Waals surface area contributed by atoms with Crippen molar-refractivity contribution in [2.75, 3.05) is 20.8 Å². The molecule has 0 spiro atoms. The Morgan fingerprint density at radius 3 is 2.54 bits per heavy atom. The minimum Gasteiger partial charge on any atom is -0.496 e. The van der Waals surface area contributed by atoms with Crippen LogP contribution in [-0.4, -0.2) is 55.6 Å². The summed E-state index contributed by atoms with van der Waals surface area (Å²) < 4.78 is 38.5. The Bertz CT molecular complexity index is 1710. The molecule has 3 unspecified atom stereocenters. The van der Waals surface area contributed by atoms with Crippen LogP contribution in [0.4, 0.5) is 8.78 Å². The van der Waals surface area contributed by atoms with E-state index in [-0.39, 0.29) is 53.2 Å². The first-order chi connectivity index (χ1) is 23.2. The van der Waals surface area contributed by atoms with Crippen molar-refractivity contribution in [1.82, 2.24) is 15.5 Å². The second kappa shape index (κ2) is 14.7. The topological polar surface area (TPSA) is 79.9 Å². The van der Waals surface area contributed by atoms with Crippen LogP contribution in [0.15, 0.2) is 60.2 Å². The molecule has 254 valence electrons. The SMILES string of the molecule is CNC(=O)C1CC2CC(c3ccc(CCCOc4cc(F)cc(F)c4Cl)cc3)=C(C(=O)N(Cc3cccc(OC)c3C)C3CC3)C(C1)N2. The number of carbonyl (C=O) groups excluding carboxylic acids is 2. The number of hydrogen-bond acceptors (Lipinski definition) is 5. The Kier molecular flexibility index (Phi) is 10.4. The Morgan fingerprint density at radius 1 is 1.06 bits per heavy atom. The average molecular weight is 678 g/mol. The maximum atomic E-state index is 14.7. The number of rotatable bonds is 12. The summed E-state index contributed by atoms with van der Waals surface area (Å²) in [5.41, 5.74) is 5.96. The highest BCUT2D eigenvalue weighted by Crippen LogP contribution is 2.41. The molecule has 2 bridgehead atoms. The summed E-state index contributed by atoms with van der Waals surface area (Å²) in [7, 11) is 3.33. The van der Waals surface area contributed by atoms with E-state index < -0.39 is 11.6 Å². The second-order valence-electron chi connectivity index (χ2n) is 13.1. The number of aryl methyl sites for hydroxylation is 1. The zero-order chi connectivity index (χ0) is 33.9. The monoisotopic (exact) mass is 677 g/mol. The molecule has 3 aromatic rings. The van der Waals surface area contributed by atoms with Gasteiger partial charge in [0.25, 0.3) is 5.91 Å². The Hall–Kier alpha value is -3.95. The summed E-state index contributed by atoms with van der Waals surface area (Å²) in [6.45, 7) is 2.77. The van der Waals surface area contributed by atoms with Gasteiger partial charge in [0.15, 0.2) is 0 Å². The minimum absolute atomic E-state index is 0.00874. The molecule has 1 saturated carbocycles. The van der Waals surface area contributed by atoms with E-state index in [4.69, 9.17) is 21.1 Å². The Labute approximate surface area is 285 Å². The molecule has 0 radical (unpaired) electrons. The number of nitrogens with zero attached hydrogens (tertiary/aromatic N) is 1. The van der Waals surface area contributed by atoms with Gasteiger partial charge in [-0.3, -0.25) is 9.59 Å². The standard InChI is InChI=1S/C38H42ClF2N3O4/c1-22-25(7-4-8-33(22)47-3)21-44(29-13-14-29)38(46)35-30(20-28-16-26(37(45)42-2)17-32(35)43-28)24-11-9-23(10-12-24)6-5-15-48-34-19-27(40)18-31(41)36(34)39/h4,7-12,18-19,26,28-29,32,43H,5-6,13-17,20-21H2,1-3H3,(H,42,45). The van der Waals surface area contributed by atoms with Crippen LogP contribution in [0.25, 0.3) is 5.57 Å². The fourth-order valence-electron chi connectivity index (χ4n) is 7.14. The second-order valence-corrected chi connectivity index (χ2v) is 13.4. The third kappa shape index (κ3) is 7.37. The van der Waals surface area contributed by atoms with E-state index >= 15 is 0 Å². The highest BCUT2D eigenvalue weighted by molar-refractivity contribution is 6.32. The maximum absolute atomic E-state index is 14.7. The van der Waals surface area contributed by atoms with E-state index in [1.54, 1.807) is 14.2 Å². The van der Waals surface area contributed by atoms with Gasteiger partial charge in [0.1, 0.15) is 28.2 Å². The fourth-order valence-corrected chi connectivity index (χ4v) is 7.30. The number of fused-ring (bicyclic) bond motifs is 2. The van der Waals surface area contributed by atoms with Crippen molar-refractivity contribution >= 4 is 29.0 Å². The van der Waals surface area contributed by atoms with Gasteiger partial charge in [0, 0.05) is 55.3 Å². The van der Waals surface area contributed by atoms with Gasteiger partial charge in [-0.2, -0.15) is 0 Å². The first-order valence-corrected chi connectivity index (χ1v) is 17.0. The van der Waals surface area contributed by atoms with Crippen LogP contribution < -0.4 is 20.1 Å². The quantitative estimate of drug-likeness (QED) is 0.163. The molecule has 3 aromatic carbocycles. The molecule has 2 aliphatic heterocycles. The number of halogens is 3. The number of hydrogen-bond donors (Lipinski definition) is 2. The minimum atomic E-state index is -0.851. The van der Waals surface area contributed by atoms with Crippen LogP contribution in [0, 0.1) is 24.5 Å². The summed E-state index contributed by atoms with van der Waals surface area (Å²) in [4.78, 5) is 29.5. The summed E-state index contributed by atoms with van der Waals surface area (Å²) in [6, 6.07) is 16.1. The average Bonchev–Trinajstić information content (AvgIpc) is 3.93. The number of nitrogens with one attached hydrogen (secondary N) is 2. The molecule has 2 heterocycles. The molecule has 1 aliphatic carbocycles. The van der Waals surface area contributed by atoms with Crippen molar-refractivity contribution in [1.29, 1.82) is 0 Å². The van der Waals surface area contributed by atoms with Gasteiger partial charge in [-0.1, -0.05) is 48.0 Å². The molecule has 6 rings (SSSR count). The molecule has 3 aliphatic rings. The zero-order valence-electron chi connectivity index (χ0n) is 27.6. The number of ether oxygens (including phenoxy) is 2. The van der Waals surface area contributed by atoms with Gasteiger partial charge in [0.05, 0.1) is 13.7 Å². The number of carbonyl (C=O) groups is 2. The maximum Gasteiger partial charge on any atom is 0.252 e.